The standard InChI is InChI=1S/C26H41NO3/c1-7-8-9-10-16(2)17(3)19-13-23(29)25-21-15-20(27-18(4)28)11-12-22(21)26(5,6)30-24(25)14-19/h13-14,16-17,20-22,29H,7-12,15H2,1-6H3,(H,27,28)/t16?,17?,20-,21+,22+/m0/s1. The van der Waals surface area contributed by atoms with E-state index in [-0.39, 0.29) is 23.5 Å². The molecule has 1 aromatic carbocycles. The van der Waals surface area contributed by atoms with E-state index in [1.165, 1.54) is 31.2 Å². The van der Waals surface area contributed by atoms with Crippen LogP contribution < -0.4 is 10.1 Å². The summed E-state index contributed by atoms with van der Waals surface area (Å²) in [6, 6.07) is 4.32. The van der Waals surface area contributed by atoms with Gasteiger partial charge in [-0.1, -0.05) is 46.5 Å². The molecule has 5 atom stereocenters. The Morgan fingerprint density at radius 1 is 1.27 bits per heavy atom. The Morgan fingerprint density at radius 2 is 2.00 bits per heavy atom. The van der Waals surface area contributed by atoms with E-state index >= 15 is 0 Å². The fourth-order valence-electron chi connectivity index (χ4n) is 5.75. The summed E-state index contributed by atoms with van der Waals surface area (Å²) in [6.45, 7) is 12.8. The Labute approximate surface area is 182 Å². The molecule has 0 bridgehead atoms. The molecule has 1 fully saturated rings. The van der Waals surface area contributed by atoms with E-state index in [0.717, 1.165) is 30.6 Å². The topological polar surface area (TPSA) is 58.6 Å². The van der Waals surface area contributed by atoms with Gasteiger partial charge in [-0.2, -0.15) is 0 Å². The van der Waals surface area contributed by atoms with Crippen LogP contribution in [0.3, 0.4) is 0 Å². The predicted octanol–water partition coefficient (Wildman–Crippen LogP) is 6.27. The van der Waals surface area contributed by atoms with Crippen molar-refractivity contribution in [2.45, 2.75) is 110 Å². The van der Waals surface area contributed by atoms with Gasteiger partial charge < -0.3 is 15.2 Å². The number of amides is 1. The van der Waals surface area contributed by atoms with E-state index in [4.69, 9.17) is 4.74 Å². The lowest BCUT2D eigenvalue weighted by Crippen LogP contribution is -2.50. The van der Waals surface area contributed by atoms with Crippen molar-refractivity contribution in [1.29, 1.82) is 0 Å². The molecule has 4 nitrogen and oxygen atoms in total. The largest absolute Gasteiger partial charge is 0.508 e. The van der Waals surface area contributed by atoms with Crippen molar-refractivity contribution >= 4 is 5.91 Å². The summed E-state index contributed by atoms with van der Waals surface area (Å²) >= 11 is 0. The van der Waals surface area contributed by atoms with Crippen LogP contribution in [0.25, 0.3) is 0 Å². The number of rotatable bonds is 7. The average Bonchev–Trinajstić information content (AvgIpc) is 2.65. The number of phenols is 1. The van der Waals surface area contributed by atoms with Gasteiger partial charge in [0.25, 0.3) is 0 Å². The highest BCUT2D eigenvalue weighted by molar-refractivity contribution is 5.73. The summed E-state index contributed by atoms with van der Waals surface area (Å²) in [7, 11) is 0. The number of phenolic OH excluding ortho intramolecular Hbond substituents is 1. The Bertz CT molecular complexity index is 757. The molecular weight excluding hydrogens is 374 g/mol. The minimum absolute atomic E-state index is 0.0236. The van der Waals surface area contributed by atoms with Crippen LogP contribution in [0.1, 0.15) is 109 Å². The zero-order valence-corrected chi connectivity index (χ0v) is 19.8. The summed E-state index contributed by atoms with van der Waals surface area (Å²) < 4.78 is 6.51. The molecule has 3 rings (SSSR count). The molecule has 1 heterocycles. The van der Waals surface area contributed by atoms with Crippen LogP contribution in [0.2, 0.25) is 0 Å². The number of unbranched alkanes of at least 4 members (excludes halogenated alkanes) is 2. The lowest BCUT2D eigenvalue weighted by Gasteiger charge is -2.49. The van der Waals surface area contributed by atoms with E-state index in [2.05, 4.69) is 46.0 Å². The number of ether oxygens (including phenoxy) is 1. The molecule has 2 N–H and O–H groups in total. The second kappa shape index (κ2) is 9.20. The molecule has 1 saturated carbocycles. The Balaban J connectivity index is 1.88. The summed E-state index contributed by atoms with van der Waals surface area (Å²) in [5.41, 5.74) is 1.84. The number of fused-ring (bicyclic) bond motifs is 3. The molecule has 1 amide bonds. The third kappa shape index (κ3) is 4.78. The van der Waals surface area contributed by atoms with E-state index in [1.54, 1.807) is 6.92 Å². The normalized spacial score (nSPS) is 26.7. The lowest BCUT2D eigenvalue weighted by atomic mass is 9.65. The maximum absolute atomic E-state index is 11.6. The Morgan fingerprint density at radius 3 is 2.67 bits per heavy atom. The average molecular weight is 416 g/mol. The molecule has 2 unspecified atom stereocenters. The highest BCUT2D eigenvalue weighted by Crippen LogP contribution is 2.55. The monoisotopic (exact) mass is 415 g/mol. The Kier molecular flexibility index (Phi) is 7.04. The quantitative estimate of drug-likeness (QED) is 0.516. The van der Waals surface area contributed by atoms with Crippen molar-refractivity contribution in [3.8, 4) is 11.5 Å². The zero-order chi connectivity index (χ0) is 22.1. The van der Waals surface area contributed by atoms with Crippen molar-refractivity contribution in [3.05, 3.63) is 23.3 Å². The Hall–Kier alpha value is -1.71. The van der Waals surface area contributed by atoms with Crippen LogP contribution in [-0.2, 0) is 4.79 Å². The number of nitrogens with one attached hydrogen (secondary N) is 1. The van der Waals surface area contributed by atoms with Gasteiger partial charge in [0, 0.05) is 24.4 Å². The molecule has 0 aromatic heterocycles. The van der Waals surface area contributed by atoms with Crippen LogP contribution in [-0.4, -0.2) is 22.7 Å². The highest BCUT2D eigenvalue weighted by Gasteiger charge is 2.48. The van der Waals surface area contributed by atoms with Gasteiger partial charge in [0.05, 0.1) is 0 Å². The summed E-state index contributed by atoms with van der Waals surface area (Å²) in [5, 5.41) is 14.2. The van der Waals surface area contributed by atoms with Crippen molar-refractivity contribution in [2.24, 2.45) is 11.8 Å². The van der Waals surface area contributed by atoms with Crippen molar-refractivity contribution in [2.75, 3.05) is 0 Å². The number of benzene rings is 1. The second-order valence-electron chi connectivity index (χ2n) is 10.3. The van der Waals surface area contributed by atoms with Gasteiger partial charge >= 0.3 is 0 Å². The maximum Gasteiger partial charge on any atom is 0.217 e. The number of carbonyl (C=O) groups excluding carboxylic acids is 1. The van der Waals surface area contributed by atoms with E-state index < -0.39 is 0 Å². The van der Waals surface area contributed by atoms with Gasteiger partial charge in [0.2, 0.25) is 5.91 Å². The molecular formula is C26H41NO3. The minimum atomic E-state index is -0.278. The van der Waals surface area contributed by atoms with Gasteiger partial charge in [-0.15, -0.1) is 0 Å². The van der Waals surface area contributed by atoms with Gasteiger partial charge in [0.15, 0.2) is 0 Å². The second-order valence-corrected chi connectivity index (χ2v) is 10.3. The number of carbonyl (C=O) groups is 1. The molecule has 1 aliphatic carbocycles. The maximum atomic E-state index is 11.6. The third-order valence-corrected chi connectivity index (χ3v) is 7.68. The highest BCUT2D eigenvalue weighted by atomic mass is 16.5. The minimum Gasteiger partial charge on any atom is -0.508 e. The lowest BCUT2D eigenvalue weighted by molar-refractivity contribution is -0.120. The number of aromatic hydroxyl groups is 1. The molecule has 0 radical (unpaired) electrons. The van der Waals surface area contributed by atoms with E-state index in [9.17, 15) is 9.90 Å². The fourth-order valence-corrected chi connectivity index (χ4v) is 5.75. The first kappa shape index (κ1) is 23.0. The van der Waals surface area contributed by atoms with Gasteiger partial charge in [-0.05, 0) is 68.6 Å². The fraction of sp³-hybridized carbons (Fsp3) is 0.731. The van der Waals surface area contributed by atoms with Gasteiger partial charge in [0.1, 0.15) is 17.1 Å². The first-order valence-corrected chi connectivity index (χ1v) is 12.0. The van der Waals surface area contributed by atoms with E-state index in [1.807, 2.05) is 6.07 Å². The molecule has 1 aromatic rings. The first-order chi connectivity index (χ1) is 14.1. The summed E-state index contributed by atoms with van der Waals surface area (Å²) in [6.07, 6.45) is 7.81. The SMILES string of the molecule is CCCCCC(C)C(C)c1cc(O)c2c(c1)OC(C)(C)[C@@H]1CC[C@H](NC(C)=O)C[C@@H]21. The van der Waals surface area contributed by atoms with Crippen LogP contribution in [0.5, 0.6) is 11.5 Å². The van der Waals surface area contributed by atoms with Crippen molar-refractivity contribution in [1.82, 2.24) is 5.32 Å². The van der Waals surface area contributed by atoms with Crippen LogP contribution in [0.15, 0.2) is 12.1 Å². The zero-order valence-electron chi connectivity index (χ0n) is 19.8. The van der Waals surface area contributed by atoms with Crippen LogP contribution >= 0.6 is 0 Å². The van der Waals surface area contributed by atoms with Crippen molar-refractivity contribution < 1.29 is 14.6 Å². The molecule has 2 aliphatic rings. The third-order valence-electron chi connectivity index (χ3n) is 7.68. The smallest absolute Gasteiger partial charge is 0.217 e. The molecule has 0 spiro atoms. The summed E-state index contributed by atoms with van der Waals surface area (Å²) in [4.78, 5) is 11.6. The molecule has 30 heavy (non-hydrogen) atoms. The van der Waals surface area contributed by atoms with E-state index in [0.29, 0.717) is 23.5 Å². The number of hydrogen-bond donors (Lipinski definition) is 2. The number of hydrogen-bond acceptors (Lipinski definition) is 3. The summed E-state index contributed by atoms with van der Waals surface area (Å²) in [5.74, 6) is 2.72. The predicted molar refractivity (Wildman–Crippen MR) is 122 cm³/mol. The first-order valence-electron chi connectivity index (χ1n) is 12.0. The molecule has 1 aliphatic heterocycles. The van der Waals surface area contributed by atoms with Gasteiger partial charge in [-0.25, -0.2) is 0 Å². The van der Waals surface area contributed by atoms with Gasteiger partial charge in [-0.3, -0.25) is 4.79 Å². The molecule has 0 saturated heterocycles. The molecule has 168 valence electrons. The van der Waals surface area contributed by atoms with Crippen molar-refractivity contribution in [3.63, 3.8) is 0 Å². The molecule has 4 heteroatoms. The van der Waals surface area contributed by atoms with Crippen LogP contribution in [0.4, 0.5) is 0 Å². The van der Waals surface area contributed by atoms with Crippen LogP contribution in [0, 0.1) is 11.8 Å².